The van der Waals surface area contributed by atoms with E-state index in [0.29, 0.717) is 0 Å². The van der Waals surface area contributed by atoms with Crippen molar-refractivity contribution < 1.29 is 51.7 Å². The molecule has 19 heteroatoms. The number of benzene rings is 2. The Bertz CT molecular complexity index is 2330. The highest BCUT2D eigenvalue weighted by Crippen LogP contribution is 2.46. The zero-order chi connectivity index (χ0) is 48.2. The fraction of sp³-hybridized carbons (Fsp3) is 0.500. The van der Waals surface area contributed by atoms with Crippen LogP contribution in [0.15, 0.2) is 79.1 Å². The SMILES string of the molecule is CC(=O)OCOC(=O)Nc1ncnn2c([C@]3(C#N)O[C@H](CO[Si](c4ccccc4)(c4ccccc4)C(C)(C)C)[C@@H](OC(=O)[C@@H](NC(=O)OC(C)(C)C)C(C)(C)C)[C@H]3O[Si](C)(C)C)ccc12. The van der Waals surface area contributed by atoms with Crippen LogP contribution in [-0.2, 0) is 47.7 Å². The Morgan fingerprint density at radius 1 is 0.877 bits per heavy atom. The molecule has 350 valence electrons. The van der Waals surface area contributed by atoms with E-state index in [9.17, 15) is 24.4 Å². The molecule has 0 radical (unpaired) electrons. The third-order valence-electron chi connectivity index (χ3n) is 10.5. The molecule has 17 nitrogen and oxygen atoms in total. The molecule has 1 fully saturated rings. The van der Waals surface area contributed by atoms with Gasteiger partial charge in [-0.05, 0) is 73.4 Å². The Kier molecular flexibility index (Phi) is 15.1. The van der Waals surface area contributed by atoms with Crippen LogP contribution in [0, 0.1) is 16.7 Å². The maximum Gasteiger partial charge on any atom is 0.415 e. The van der Waals surface area contributed by atoms with Crippen molar-refractivity contribution in [3.05, 3.63) is 84.8 Å². The lowest BCUT2D eigenvalue weighted by molar-refractivity contribution is -0.161. The fourth-order valence-electron chi connectivity index (χ4n) is 7.79. The van der Waals surface area contributed by atoms with E-state index in [1.54, 1.807) is 53.7 Å². The van der Waals surface area contributed by atoms with Gasteiger partial charge >= 0.3 is 24.1 Å². The van der Waals surface area contributed by atoms with Gasteiger partial charge in [-0.3, -0.25) is 10.1 Å². The molecule has 2 amide bonds. The number of nitriles is 1. The average Bonchev–Trinajstić information content (AvgIpc) is 3.76. The van der Waals surface area contributed by atoms with Crippen molar-refractivity contribution in [3.63, 3.8) is 0 Å². The van der Waals surface area contributed by atoms with E-state index < -0.39 is 93.6 Å². The van der Waals surface area contributed by atoms with Crippen LogP contribution >= 0.6 is 0 Å². The Morgan fingerprint density at radius 3 is 1.98 bits per heavy atom. The summed E-state index contributed by atoms with van der Waals surface area (Å²) in [5.74, 6) is -1.45. The van der Waals surface area contributed by atoms with Gasteiger partial charge in [-0.2, -0.15) is 10.4 Å². The molecule has 2 aromatic carbocycles. The molecule has 5 atom stereocenters. The second kappa shape index (κ2) is 19.4. The van der Waals surface area contributed by atoms with Crippen molar-refractivity contribution in [2.75, 3.05) is 18.7 Å². The summed E-state index contributed by atoms with van der Waals surface area (Å²) >= 11 is 0. The number of nitrogens with one attached hydrogen (secondary N) is 2. The quantitative estimate of drug-likeness (QED) is 0.0594. The minimum atomic E-state index is -3.27. The molecule has 0 unspecified atom stereocenters. The van der Waals surface area contributed by atoms with Crippen LogP contribution in [-0.4, -0.2) is 98.7 Å². The molecule has 0 saturated carbocycles. The van der Waals surface area contributed by atoms with Gasteiger partial charge in [-0.25, -0.2) is 23.9 Å². The number of hydrogen-bond donors (Lipinski definition) is 2. The summed E-state index contributed by atoms with van der Waals surface area (Å²) in [6.07, 6.45) is -4.37. The fourth-order valence-corrected chi connectivity index (χ4v) is 13.4. The van der Waals surface area contributed by atoms with Crippen molar-refractivity contribution in [2.45, 2.75) is 129 Å². The number of alkyl carbamates (subject to hydrolysis) is 1. The van der Waals surface area contributed by atoms with Gasteiger partial charge < -0.3 is 37.9 Å². The van der Waals surface area contributed by atoms with E-state index in [2.05, 4.69) is 71.8 Å². The second-order valence-electron chi connectivity index (χ2n) is 19.9. The minimum absolute atomic E-state index is 0.00334. The summed E-state index contributed by atoms with van der Waals surface area (Å²) < 4.78 is 44.5. The van der Waals surface area contributed by atoms with Crippen LogP contribution in [0.4, 0.5) is 15.4 Å². The number of amides is 2. The van der Waals surface area contributed by atoms with Crippen LogP contribution in [0.3, 0.4) is 0 Å². The maximum atomic E-state index is 14.8. The largest absolute Gasteiger partial charge is 0.455 e. The van der Waals surface area contributed by atoms with Gasteiger partial charge in [-0.15, -0.1) is 0 Å². The van der Waals surface area contributed by atoms with Gasteiger partial charge in [0.2, 0.25) is 12.4 Å². The zero-order valence-corrected chi connectivity index (χ0v) is 41.5. The number of carbonyl (C=O) groups excluding carboxylic acids is 4. The van der Waals surface area contributed by atoms with E-state index in [4.69, 9.17) is 32.5 Å². The Hall–Kier alpha value is -5.66. The number of fused-ring (bicyclic) bond motifs is 1. The number of anilines is 1. The molecule has 1 saturated heterocycles. The topological polar surface area (TPSA) is 211 Å². The molecule has 1 aliphatic rings. The molecule has 0 spiro atoms. The first kappa shape index (κ1) is 50.3. The highest BCUT2D eigenvalue weighted by Gasteiger charge is 2.63. The van der Waals surface area contributed by atoms with Gasteiger partial charge in [0.1, 0.15) is 41.8 Å². The predicted molar refractivity (Wildman–Crippen MR) is 246 cm³/mol. The number of ether oxygens (including phenoxy) is 5. The summed E-state index contributed by atoms with van der Waals surface area (Å²) in [7, 11) is -5.96. The summed E-state index contributed by atoms with van der Waals surface area (Å²) in [6, 6.07) is 24.3. The van der Waals surface area contributed by atoms with Gasteiger partial charge in [0, 0.05) is 6.92 Å². The van der Waals surface area contributed by atoms with Gasteiger partial charge in [0.05, 0.1) is 12.3 Å². The lowest BCUT2D eigenvalue weighted by Crippen LogP contribution is -2.67. The van der Waals surface area contributed by atoms with E-state index in [0.717, 1.165) is 10.4 Å². The molecular weight excluding hydrogens is 869 g/mol. The molecule has 0 aliphatic carbocycles. The Labute approximate surface area is 382 Å². The summed E-state index contributed by atoms with van der Waals surface area (Å²) in [5, 5.41) is 22.8. The van der Waals surface area contributed by atoms with Crippen molar-refractivity contribution in [2.24, 2.45) is 5.41 Å². The van der Waals surface area contributed by atoms with E-state index in [-0.39, 0.29) is 23.6 Å². The Morgan fingerprint density at radius 2 is 1.48 bits per heavy atom. The first-order chi connectivity index (χ1) is 30.2. The molecule has 3 heterocycles. The van der Waals surface area contributed by atoms with E-state index in [1.165, 1.54) is 17.8 Å². The van der Waals surface area contributed by atoms with Gasteiger partial charge in [0.25, 0.3) is 8.32 Å². The van der Waals surface area contributed by atoms with E-state index in [1.807, 2.05) is 56.0 Å². The molecule has 2 N–H and O–H groups in total. The number of esters is 2. The number of nitrogens with zero attached hydrogens (tertiary/aromatic N) is 4. The summed E-state index contributed by atoms with van der Waals surface area (Å²) in [4.78, 5) is 56.2. The van der Waals surface area contributed by atoms with Crippen molar-refractivity contribution in [1.29, 1.82) is 5.26 Å². The first-order valence-corrected chi connectivity index (χ1v) is 26.7. The lowest BCUT2D eigenvalue weighted by atomic mass is 9.86. The molecule has 5 rings (SSSR count). The minimum Gasteiger partial charge on any atom is -0.455 e. The molecule has 1 aliphatic heterocycles. The number of aromatic nitrogens is 3. The molecule has 4 aromatic rings. The maximum absolute atomic E-state index is 14.8. The van der Waals surface area contributed by atoms with Gasteiger partial charge in [0.15, 0.2) is 20.2 Å². The van der Waals surface area contributed by atoms with Crippen molar-refractivity contribution >= 4 is 62.5 Å². The molecule has 0 bridgehead atoms. The first-order valence-electron chi connectivity index (χ1n) is 21.3. The summed E-state index contributed by atoms with van der Waals surface area (Å²) in [5.41, 5.74) is -3.36. The van der Waals surface area contributed by atoms with Crippen LogP contribution in [0.1, 0.15) is 74.9 Å². The highest BCUT2D eigenvalue weighted by atomic mass is 28.4. The van der Waals surface area contributed by atoms with Crippen molar-refractivity contribution in [3.8, 4) is 6.07 Å². The number of hydrogen-bond acceptors (Lipinski definition) is 14. The zero-order valence-electron chi connectivity index (χ0n) is 39.5. The number of carbonyl (C=O) groups is 4. The normalized spacial score (nSPS) is 19.7. The predicted octanol–water partition coefficient (Wildman–Crippen LogP) is 6.56. The van der Waals surface area contributed by atoms with Crippen LogP contribution in [0.2, 0.25) is 24.7 Å². The third-order valence-corrected chi connectivity index (χ3v) is 16.4. The average molecular weight is 931 g/mol. The number of rotatable bonds is 14. The Balaban J connectivity index is 1.69. The molecular formula is C46H62N6O11Si2. The summed E-state index contributed by atoms with van der Waals surface area (Å²) in [6.45, 7) is 23.1. The molecule has 65 heavy (non-hydrogen) atoms. The van der Waals surface area contributed by atoms with Crippen LogP contribution < -0.4 is 21.0 Å². The van der Waals surface area contributed by atoms with Crippen molar-refractivity contribution in [1.82, 2.24) is 19.9 Å². The van der Waals surface area contributed by atoms with Crippen LogP contribution in [0.5, 0.6) is 0 Å². The monoisotopic (exact) mass is 930 g/mol. The third kappa shape index (κ3) is 11.6. The highest BCUT2D eigenvalue weighted by molar-refractivity contribution is 6.99. The second-order valence-corrected chi connectivity index (χ2v) is 28.7. The molecule has 2 aromatic heterocycles. The van der Waals surface area contributed by atoms with Crippen LogP contribution in [0.25, 0.3) is 5.52 Å². The van der Waals surface area contributed by atoms with E-state index >= 15 is 0 Å². The smallest absolute Gasteiger partial charge is 0.415 e. The standard InChI is InChI=1S/C46H62N6O11Si2/c1-30(53)57-29-58-41(55)51-39-33-24-25-35(52(33)49-28-48-39)46(27-47)38(63-64(11,12)13)36(60-40(54)37(43(2,3)4)50-42(56)62-44(5,6)7)34(61-46)26-59-65(45(8,9)10,31-20-16-14-17-21-31)32-22-18-15-19-23-32/h14-25,28,34,36-38H,26,29H2,1-13H3,(H,50,56)(H,48,49,51,55)/t34-,36-,37-,38-,46+/m1/s1. The van der Waals surface area contributed by atoms with Gasteiger partial charge in [-0.1, -0.05) is 102 Å². The lowest BCUT2D eigenvalue weighted by Gasteiger charge is -2.43.